The number of aromatic nitrogens is 5. The van der Waals surface area contributed by atoms with E-state index in [1.807, 2.05) is 18.2 Å². The third kappa shape index (κ3) is 3.13. The molecular weight excluding hydrogens is 452 g/mol. The fourth-order valence-electron chi connectivity index (χ4n) is 6.17. The number of H-pyrrole nitrogens is 2. The minimum absolute atomic E-state index is 0.00626. The van der Waals surface area contributed by atoms with Gasteiger partial charge in [-0.05, 0) is 72.2 Å². The summed E-state index contributed by atoms with van der Waals surface area (Å²) in [5, 5.41) is 0. The Kier molecular flexibility index (Phi) is 4.34. The molecular formula is C28H26N6O2. The fraction of sp³-hybridized carbons (Fsp3) is 0.286. The zero-order valence-corrected chi connectivity index (χ0v) is 20.2. The van der Waals surface area contributed by atoms with E-state index in [1.165, 1.54) is 11.1 Å². The van der Waals surface area contributed by atoms with Gasteiger partial charge in [-0.15, -0.1) is 0 Å². The highest BCUT2D eigenvalue weighted by Gasteiger charge is 2.44. The number of hydrogen-bond donors (Lipinski definition) is 2. The first kappa shape index (κ1) is 21.1. The van der Waals surface area contributed by atoms with E-state index in [9.17, 15) is 9.59 Å². The van der Waals surface area contributed by atoms with Crippen LogP contribution in [0.3, 0.4) is 0 Å². The molecule has 4 heterocycles. The molecule has 2 bridgehead atoms. The molecule has 0 unspecified atom stereocenters. The van der Waals surface area contributed by atoms with E-state index in [4.69, 9.17) is 4.98 Å². The Balaban J connectivity index is 1.24. The van der Waals surface area contributed by atoms with Crippen LogP contribution in [0.2, 0.25) is 0 Å². The van der Waals surface area contributed by atoms with E-state index in [1.54, 1.807) is 36.3 Å². The normalized spacial score (nSPS) is 21.2. The van der Waals surface area contributed by atoms with Crippen molar-refractivity contribution in [3.8, 4) is 11.4 Å². The number of nitrogens with zero attached hydrogens (tertiary/aromatic N) is 4. The Labute approximate surface area is 207 Å². The van der Waals surface area contributed by atoms with Crippen LogP contribution in [-0.2, 0) is 18.9 Å². The van der Waals surface area contributed by atoms with Crippen molar-refractivity contribution in [2.45, 2.75) is 37.6 Å². The van der Waals surface area contributed by atoms with E-state index in [0.29, 0.717) is 5.56 Å². The van der Waals surface area contributed by atoms with Gasteiger partial charge in [-0.25, -0.2) is 9.97 Å². The molecule has 5 aromatic rings. The maximum Gasteiger partial charge on any atom is 0.254 e. The monoisotopic (exact) mass is 478 g/mol. The molecule has 2 aromatic carbocycles. The van der Waals surface area contributed by atoms with Gasteiger partial charge in [-0.1, -0.05) is 6.92 Å². The number of amides is 1. The largest absolute Gasteiger partial charge is 0.345 e. The quantitative estimate of drug-likeness (QED) is 0.402. The number of hydrogen-bond acceptors (Lipinski definition) is 4. The summed E-state index contributed by atoms with van der Waals surface area (Å²) in [4.78, 5) is 43.1. The van der Waals surface area contributed by atoms with Crippen molar-refractivity contribution in [2.75, 3.05) is 6.54 Å². The third-order valence-electron chi connectivity index (χ3n) is 8.13. The molecule has 1 amide bonds. The number of likely N-dealkylation sites (tertiary alicyclic amines) is 1. The highest BCUT2D eigenvalue weighted by Crippen LogP contribution is 2.46. The molecule has 1 aliphatic carbocycles. The molecule has 2 N–H and O–H groups in total. The van der Waals surface area contributed by atoms with Crippen LogP contribution in [0.25, 0.3) is 33.5 Å². The summed E-state index contributed by atoms with van der Waals surface area (Å²) < 4.78 is 1.56. The molecule has 180 valence electrons. The average Bonchev–Trinajstić information content (AvgIpc) is 3.50. The van der Waals surface area contributed by atoms with Crippen molar-refractivity contribution in [1.82, 2.24) is 29.4 Å². The molecule has 7 rings (SSSR count). The number of imidazole rings is 2. The lowest BCUT2D eigenvalue weighted by Crippen LogP contribution is -2.54. The predicted molar refractivity (Wildman–Crippen MR) is 138 cm³/mol. The number of nitrogens with one attached hydrogen (secondary N) is 2. The fourth-order valence-corrected chi connectivity index (χ4v) is 6.17. The van der Waals surface area contributed by atoms with Crippen molar-refractivity contribution in [2.24, 2.45) is 7.05 Å². The molecule has 0 saturated carbocycles. The lowest BCUT2D eigenvalue weighted by Gasteiger charge is -2.49. The van der Waals surface area contributed by atoms with Crippen molar-refractivity contribution in [3.63, 3.8) is 0 Å². The third-order valence-corrected chi connectivity index (χ3v) is 8.13. The van der Waals surface area contributed by atoms with Gasteiger partial charge in [0, 0.05) is 43.0 Å². The number of aryl methyl sites for hydroxylation is 1. The topological polar surface area (TPSA) is 99.7 Å². The summed E-state index contributed by atoms with van der Waals surface area (Å²) in [6, 6.07) is 13.6. The first-order chi connectivity index (χ1) is 17.4. The zero-order chi connectivity index (χ0) is 24.6. The summed E-state index contributed by atoms with van der Waals surface area (Å²) in [5.41, 5.74) is 7.81. The van der Waals surface area contributed by atoms with E-state index in [0.717, 1.165) is 59.3 Å². The second-order valence-electron chi connectivity index (χ2n) is 10.5. The van der Waals surface area contributed by atoms with Crippen LogP contribution < -0.4 is 5.56 Å². The molecule has 2 aliphatic rings. The van der Waals surface area contributed by atoms with Gasteiger partial charge in [0.15, 0.2) is 0 Å². The van der Waals surface area contributed by atoms with Gasteiger partial charge >= 0.3 is 0 Å². The summed E-state index contributed by atoms with van der Waals surface area (Å²) in [5.74, 6) is 0.837. The van der Waals surface area contributed by atoms with Crippen LogP contribution in [0, 0.1) is 0 Å². The van der Waals surface area contributed by atoms with Gasteiger partial charge < -0.3 is 19.4 Å². The van der Waals surface area contributed by atoms with Crippen LogP contribution in [0.5, 0.6) is 0 Å². The van der Waals surface area contributed by atoms with E-state index in [2.05, 4.69) is 38.9 Å². The van der Waals surface area contributed by atoms with Crippen LogP contribution >= 0.6 is 0 Å². The first-order valence-electron chi connectivity index (χ1n) is 12.3. The van der Waals surface area contributed by atoms with Crippen molar-refractivity contribution in [3.05, 3.63) is 82.0 Å². The zero-order valence-electron chi connectivity index (χ0n) is 20.2. The number of rotatable bonds is 2. The van der Waals surface area contributed by atoms with Gasteiger partial charge in [0.25, 0.3) is 5.91 Å². The Morgan fingerprint density at radius 3 is 2.86 bits per heavy atom. The highest BCUT2D eigenvalue weighted by molar-refractivity contribution is 5.97. The molecule has 2 atom stereocenters. The summed E-state index contributed by atoms with van der Waals surface area (Å²) >= 11 is 0. The van der Waals surface area contributed by atoms with Crippen molar-refractivity contribution in [1.29, 1.82) is 0 Å². The molecule has 1 aliphatic heterocycles. The molecule has 3 aromatic heterocycles. The standard InChI is InChI=1S/C28H26N6O2/c1-28-7-8-34(27(36)16-3-5-21-22(10-16)30-15-29-21)19(13-28)9-18-11-23-24(12-20(18)28)32-26(31-23)17-4-6-25(35)33(2)14-17/h3-6,10-12,14-15,19H,7-9,13H2,1-2H3,(H,29,30)(H,31,32)/t19-,28-/m1/s1. The van der Waals surface area contributed by atoms with Gasteiger partial charge in [0.1, 0.15) is 5.82 Å². The average molecular weight is 479 g/mol. The second-order valence-corrected chi connectivity index (χ2v) is 10.5. The lowest BCUT2D eigenvalue weighted by molar-refractivity contribution is 0.0490. The number of benzene rings is 2. The van der Waals surface area contributed by atoms with Crippen LogP contribution in [0.4, 0.5) is 0 Å². The molecule has 0 radical (unpaired) electrons. The minimum atomic E-state index is -0.0471. The van der Waals surface area contributed by atoms with Gasteiger partial charge in [0.2, 0.25) is 5.56 Å². The number of fused-ring (bicyclic) bond motifs is 6. The molecule has 1 saturated heterocycles. The Bertz CT molecular complexity index is 1740. The minimum Gasteiger partial charge on any atom is -0.345 e. The molecule has 8 nitrogen and oxygen atoms in total. The first-order valence-corrected chi connectivity index (χ1v) is 12.3. The predicted octanol–water partition coefficient (Wildman–Crippen LogP) is 3.92. The Morgan fingerprint density at radius 1 is 1.11 bits per heavy atom. The van der Waals surface area contributed by atoms with Crippen LogP contribution in [0.1, 0.15) is 41.3 Å². The lowest BCUT2D eigenvalue weighted by atomic mass is 9.65. The van der Waals surface area contributed by atoms with Gasteiger partial charge in [0.05, 0.1) is 28.4 Å². The SMILES string of the molecule is Cn1cc(-c2nc3cc4c(cc3[nH]2)C[C@@H]2C[C@@]4(C)CCN2C(=O)c2ccc3nc[nH]c3c2)ccc1=O. The maximum absolute atomic E-state index is 13.6. The highest BCUT2D eigenvalue weighted by atomic mass is 16.2. The number of carbonyl (C=O) groups is 1. The van der Waals surface area contributed by atoms with E-state index >= 15 is 0 Å². The summed E-state index contributed by atoms with van der Waals surface area (Å²) in [6.07, 6.45) is 6.15. The maximum atomic E-state index is 13.6. The number of piperidine rings is 1. The molecule has 8 heteroatoms. The number of aromatic amines is 2. The summed E-state index contributed by atoms with van der Waals surface area (Å²) in [6.45, 7) is 3.06. The van der Waals surface area contributed by atoms with Crippen LogP contribution in [-0.4, -0.2) is 47.9 Å². The van der Waals surface area contributed by atoms with Crippen molar-refractivity contribution < 1.29 is 4.79 Å². The summed E-state index contributed by atoms with van der Waals surface area (Å²) in [7, 11) is 1.74. The number of pyridine rings is 1. The van der Waals surface area contributed by atoms with Gasteiger partial charge in [-0.3, -0.25) is 9.59 Å². The van der Waals surface area contributed by atoms with Gasteiger partial charge in [-0.2, -0.15) is 0 Å². The van der Waals surface area contributed by atoms with Crippen molar-refractivity contribution >= 4 is 28.0 Å². The Hall–Kier alpha value is -4.20. The molecule has 1 fully saturated rings. The number of carbonyl (C=O) groups excluding carboxylic acids is 1. The molecule has 0 spiro atoms. The second kappa shape index (κ2) is 7.40. The van der Waals surface area contributed by atoms with Crippen LogP contribution in [0.15, 0.2) is 59.8 Å². The molecule has 36 heavy (non-hydrogen) atoms. The van der Waals surface area contributed by atoms with E-state index < -0.39 is 0 Å². The van der Waals surface area contributed by atoms with E-state index in [-0.39, 0.29) is 22.9 Å². The Morgan fingerprint density at radius 2 is 2.00 bits per heavy atom. The smallest absolute Gasteiger partial charge is 0.254 e.